The highest BCUT2D eigenvalue weighted by Gasteiger charge is 2.11. The van der Waals surface area contributed by atoms with Crippen LogP contribution in [0.1, 0.15) is 0 Å². The predicted octanol–water partition coefficient (Wildman–Crippen LogP) is 3.71. The predicted molar refractivity (Wildman–Crippen MR) is 81.4 cm³/mol. The first kappa shape index (κ1) is 11.5. The number of para-hydroxylation sites is 1. The lowest BCUT2D eigenvalue weighted by atomic mass is 10.2. The summed E-state index contributed by atoms with van der Waals surface area (Å²) in [5.41, 5.74) is 2.75. The number of fused-ring (bicyclic) bond motifs is 3. The quantitative estimate of drug-likeness (QED) is 0.536. The normalized spacial score (nSPS) is 11.2. The number of halogens is 1. The monoisotopic (exact) mass is 324 g/mol. The van der Waals surface area contributed by atoms with Crippen molar-refractivity contribution in [3.05, 3.63) is 59.3 Å². The zero-order valence-corrected chi connectivity index (χ0v) is 11.9. The molecule has 2 aromatic carbocycles. The summed E-state index contributed by atoms with van der Waals surface area (Å²) in [5.74, 6) is 0.791. The fourth-order valence-electron chi connectivity index (χ4n) is 2.30. The summed E-state index contributed by atoms with van der Waals surface area (Å²) < 4.78 is 2.94. The Morgan fingerprint density at radius 1 is 0.950 bits per heavy atom. The Morgan fingerprint density at radius 3 is 2.75 bits per heavy atom. The molecule has 2 heterocycles. The summed E-state index contributed by atoms with van der Waals surface area (Å²) in [5, 5.41) is 9.62. The summed E-state index contributed by atoms with van der Waals surface area (Å²) in [6, 6.07) is 15.9. The molecule has 0 aliphatic heterocycles. The molecule has 5 heteroatoms. The van der Waals surface area contributed by atoms with E-state index in [0.717, 1.165) is 32.4 Å². The van der Waals surface area contributed by atoms with Crippen LogP contribution in [0, 0.1) is 0 Å². The van der Waals surface area contributed by atoms with Gasteiger partial charge in [0.05, 0.1) is 5.52 Å². The number of hydrogen-bond donors (Lipinski definition) is 0. The molecular weight excluding hydrogens is 316 g/mol. The Labute approximate surface area is 123 Å². The van der Waals surface area contributed by atoms with Gasteiger partial charge in [-0.3, -0.25) is 4.40 Å². The number of benzene rings is 2. The highest BCUT2D eigenvalue weighted by Crippen LogP contribution is 2.24. The van der Waals surface area contributed by atoms with E-state index >= 15 is 0 Å². The fraction of sp³-hybridized carbons (Fsp3) is 0. The molecule has 0 aliphatic rings. The minimum Gasteiger partial charge on any atom is -0.265 e. The number of hydrogen-bond acceptors (Lipinski definition) is 3. The first-order valence-corrected chi connectivity index (χ1v) is 6.97. The van der Waals surface area contributed by atoms with Gasteiger partial charge in [-0.1, -0.05) is 40.2 Å². The van der Waals surface area contributed by atoms with Crippen molar-refractivity contribution in [1.29, 1.82) is 0 Å². The summed E-state index contributed by atoms with van der Waals surface area (Å²) in [4.78, 5) is 4.46. The molecule has 0 spiro atoms. The molecule has 0 bridgehead atoms. The van der Waals surface area contributed by atoms with Gasteiger partial charge in [0.15, 0.2) is 11.5 Å². The summed E-state index contributed by atoms with van der Waals surface area (Å²) >= 11 is 3.48. The van der Waals surface area contributed by atoms with Gasteiger partial charge < -0.3 is 0 Å². The average molecular weight is 325 g/mol. The molecule has 0 aliphatic carbocycles. The molecule has 0 fully saturated rings. The van der Waals surface area contributed by atoms with E-state index in [9.17, 15) is 0 Å². The highest BCUT2D eigenvalue weighted by molar-refractivity contribution is 9.10. The van der Waals surface area contributed by atoms with Crippen molar-refractivity contribution in [3.63, 3.8) is 0 Å². The van der Waals surface area contributed by atoms with E-state index in [-0.39, 0.29) is 0 Å². The smallest absolute Gasteiger partial charge is 0.171 e. The van der Waals surface area contributed by atoms with E-state index in [1.165, 1.54) is 0 Å². The SMILES string of the molecule is Brc1cccc(-c2nnc3c4ccccc4ncn23)c1. The molecular formula is C15H9BrN4. The van der Waals surface area contributed by atoms with Crippen molar-refractivity contribution >= 4 is 32.5 Å². The van der Waals surface area contributed by atoms with Gasteiger partial charge in [-0.15, -0.1) is 10.2 Å². The minimum absolute atomic E-state index is 0.791. The van der Waals surface area contributed by atoms with Gasteiger partial charge in [-0.05, 0) is 24.3 Å². The third-order valence-corrected chi connectivity index (χ3v) is 3.73. The molecule has 0 saturated carbocycles. The van der Waals surface area contributed by atoms with Crippen molar-refractivity contribution < 1.29 is 0 Å². The van der Waals surface area contributed by atoms with Crippen LogP contribution in [0.2, 0.25) is 0 Å². The standard InChI is InChI=1S/C15H9BrN4/c16-11-5-3-4-10(8-11)14-18-19-15-12-6-1-2-7-13(12)17-9-20(14)15/h1-9H. The number of rotatable bonds is 1. The third-order valence-electron chi connectivity index (χ3n) is 3.24. The largest absolute Gasteiger partial charge is 0.265 e. The van der Waals surface area contributed by atoms with Crippen molar-refractivity contribution in [2.75, 3.05) is 0 Å². The van der Waals surface area contributed by atoms with Gasteiger partial charge in [0.1, 0.15) is 6.33 Å². The Balaban J connectivity index is 2.05. The van der Waals surface area contributed by atoms with Crippen LogP contribution < -0.4 is 0 Å². The lowest BCUT2D eigenvalue weighted by Crippen LogP contribution is -1.92. The van der Waals surface area contributed by atoms with Crippen LogP contribution in [0.25, 0.3) is 27.9 Å². The molecule has 4 nitrogen and oxygen atoms in total. The Bertz CT molecular complexity index is 929. The lowest BCUT2D eigenvalue weighted by Gasteiger charge is -2.02. The maximum absolute atomic E-state index is 4.46. The van der Waals surface area contributed by atoms with Gasteiger partial charge in [0, 0.05) is 15.4 Å². The van der Waals surface area contributed by atoms with Crippen LogP contribution in [0.15, 0.2) is 59.3 Å². The molecule has 0 N–H and O–H groups in total. The zero-order chi connectivity index (χ0) is 13.5. The number of nitrogens with zero attached hydrogens (tertiary/aromatic N) is 4. The third kappa shape index (κ3) is 1.71. The minimum atomic E-state index is 0.791. The maximum Gasteiger partial charge on any atom is 0.171 e. The summed E-state index contributed by atoms with van der Waals surface area (Å²) in [6.07, 6.45) is 1.77. The molecule has 0 atom stereocenters. The topological polar surface area (TPSA) is 43.1 Å². The highest BCUT2D eigenvalue weighted by atomic mass is 79.9. The second kappa shape index (κ2) is 4.38. The van der Waals surface area contributed by atoms with Crippen LogP contribution >= 0.6 is 15.9 Å². The van der Waals surface area contributed by atoms with E-state index in [2.05, 4.69) is 31.1 Å². The Hall–Kier alpha value is -2.27. The fourth-order valence-corrected chi connectivity index (χ4v) is 2.70. The second-order valence-electron chi connectivity index (χ2n) is 4.49. The summed E-state index contributed by atoms with van der Waals surface area (Å²) in [7, 11) is 0. The second-order valence-corrected chi connectivity index (χ2v) is 5.40. The van der Waals surface area contributed by atoms with E-state index in [1.807, 2.05) is 52.9 Å². The summed E-state index contributed by atoms with van der Waals surface area (Å²) in [6.45, 7) is 0. The van der Waals surface area contributed by atoms with Gasteiger partial charge in [0.2, 0.25) is 0 Å². The van der Waals surface area contributed by atoms with Crippen molar-refractivity contribution in [2.45, 2.75) is 0 Å². The van der Waals surface area contributed by atoms with Gasteiger partial charge in [-0.25, -0.2) is 4.98 Å². The van der Waals surface area contributed by atoms with E-state index < -0.39 is 0 Å². The zero-order valence-electron chi connectivity index (χ0n) is 10.4. The van der Waals surface area contributed by atoms with Crippen LogP contribution in [-0.2, 0) is 0 Å². The van der Waals surface area contributed by atoms with E-state index in [0.29, 0.717) is 0 Å². The van der Waals surface area contributed by atoms with Crippen molar-refractivity contribution in [3.8, 4) is 11.4 Å². The van der Waals surface area contributed by atoms with Crippen LogP contribution in [0.3, 0.4) is 0 Å². The first-order chi connectivity index (χ1) is 9.83. The van der Waals surface area contributed by atoms with E-state index in [4.69, 9.17) is 0 Å². The van der Waals surface area contributed by atoms with Crippen LogP contribution in [0.4, 0.5) is 0 Å². The lowest BCUT2D eigenvalue weighted by molar-refractivity contribution is 1.09. The van der Waals surface area contributed by atoms with E-state index in [1.54, 1.807) is 6.33 Å². The Morgan fingerprint density at radius 2 is 1.85 bits per heavy atom. The molecule has 2 aromatic heterocycles. The molecule has 0 unspecified atom stereocenters. The van der Waals surface area contributed by atoms with Gasteiger partial charge in [0.25, 0.3) is 0 Å². The molecule has 0 radical (unpaired) electrons. The van der Waals surface area contributed by atoms with Crippen molar-refractivity contribution in [1.82, 2.24) is 19.6 Å². The molecule has 0 amide bonds. The maximum atomic E-state index is 4.46. The van der Waals surface area contributed by atoms with Gasteiger partial charge in [-0.2, -0.15) is 0 Å². The molecule has 4 rings (SSSR count). The molecule has 96 valence electrons. The molecule has 20 heavy (non-hydrogen) atoms. The number of aromatic nitrogens is 4. The average Bonchev–Trinajstić information content (AvgIpc) is 2.91. The molecule has 4 aromatic rings. The first-order valence-electron chi connectivity index (χ1n) is 6.17. The van der Waals surface area contributed by atoms with Crippen LogP contribution in [-0.4, -0.2) is 19.6 Å². The van der Waals surface area contributed by atoms with Gasteiger partial charge >= 0.3 is 0 Å². The van der Waals surface area contributed by atoms with Crippen molar-refractivity contribution in [2.24, 2.45) is 0 Å². The Kier molecular flexibility index (Phi) is 2.53. The van der Waals surface area contributed by atoms with Crippen LogP contribution in [0.5, 0.6) is 0 Å². The molecule has 0 saturated heterocycles.